The number of alkyl halides is 3. The first kappa shape index (κ1) is 31.7. The zero-order valence-corrected chi connectivity index (χ0v) is 25.6. The van der Waals surface area contributed by atoms with Crippen LogP contribution in [0.25, 0.3) is 0 Å². The van der Waals surface area contributed by atoms with Gasteiger partial charge in [-0.1, -0.05) is 6.07 Å². The van der Waals surface area contributed by atoms with Crippen LogP contribution in [0, 0.1) is 0 Å². The van der Waals surface area contributed by atoms with Crippen molar-refractivity contribution < 1.29 is 37.0 Å². The molecule has 2 amide bonds. The highest BCUT2D eigenvalue weighted by molar-refractivity contribution is 6.04. The van der Waals surface area contributed by atoms with Crippen molar-refractivity contribution in [3.05, 3.63) is 108 Å². The van der Waals surface area contributed by atoms with Crippen LogP contribution in [0.2, 0.25) is 0 Å². The van der Waals surface area contributed by atoms with Gasteiger partial charge in [0.1, 0.15) is 11.5 Å². The number of hydrogen-bond donors (Lipinski definition) is 1. The Bertz CT molecular complexity index is 1710. The number of nitrogens with zero attached hydrogens (tertiary/aromatic N) is 3. The molecule has 4 aromatic carbocycles. The van der Waals surface area contributed by atoms with E-state index in [-0.39, 0.29) is 24.8 Å². The smallest absolute Gasteiger partial charge is 0.416 e. The van der Waals surface area contributed by atoms with Crippen molar-refractivity contribution in [2.45, 2.75) is 12.7 Å². The number of hydrogen-bond acceptors (Lipinski definition) is 7. The Hall–Kier alpha value is -5.23. The second-order valence-electron chi connectivity index (χ2n) is 11.4. The second kappa shape index (κ2) is 13.6. The summed E-state index contributed by atoms with van der Waals surface area (Å²) >= 11 is 0. The molecule has 2 heterocycles. The molecule has 0 unspecified atom stereocenters. The van der Waals surface area contributed by atoms with Crippen LogP contribution >= 0.6 is 0 Å². The van der Waals surface area contributed by atoms with E-state index in [0.29, 0.717) is 30.3 Å². The highest BCUT2D eigenvalue weighted by atomic mass is 19.4. The zero-order chi connectivity index (χ0) is 33.0. The van der Waals surface area contributed by atoms with E-state index in [2.05, 4.69) is 10.2 Å². The van der Waals surface area contributed by atoms with Gasteiger partial charge in [0, 0.05) is 56.7 Å². The number of halogens is 3. The lowest BCUT2D eigenvalue weighted by Gasteiger charge is -2.35. The molecular weight excluding hydrogens is 613 g/mol. The molecule has 2 aliphatic rings. The molecule has 0 aromatic heterocycles. The highest BCUT2D eigenvalue weighted by Crippen LogP contribution is 2.33. The van der Waals surface area contributed by atoms with Crippen LogP contribution in [0.15, 0.2) is 91.0 Å². The van der Waals surface area contributed by atoms with Crippen molar-refractivity contribution in [3.63, 3.8) is 0 Å². The van der Waals surface area contributed by atoms with Gasteiger partial charge in [-0.15, -0.1) is 0 Å². The lowest BCUT2D eigenvalue weighted by Crippen LogP contribution is -2.50. The maximum Gasteiger partial charge on any atom is 0.416 e. The summed E-state index contributed by atoms with van der Waals surface area (Å²) in [5.74, 6) is 2.22. The Kier molecular flexibility index (Phi) is 9.21. The number of likely N-dealkylation sites (N-methyl/N-ethyl adjacent to an activating group) is 1. The zero-order valence-electron chi connectivity index (χ0n) is 25.6. The molecule has 1 fully saturated rings. The fourth-order valence-corrected chi connectivity index (χ4v) is 5.37. The van der Waals surface area contributed by atoms with Crippen LogP contribution in [-0.4, -0.2) is 68.2 Å². The lowest BCUT2D eigenvalue weighted by molar-refractivity contribution is -0.137. The van der Waals surface area contributed by atoms with Gasteiger partial charge < -0.3 is 29.3 Å². The summed E-state index contributed by atoms with van der Waals surface area (Å²) in [4.78, 5) is 31.6. The molecule has 0 aliphatic carbocycles. The SMILES string of the molecule is CN(CC(=O)N1CCN(Cc2ccc3c(c2)OCO3)CC1)c1ccc(Oc2ccc(NC(=O)c3ccc(C(F)(F)F)cc3)cc2)cc1. The van der Waals surface area contributed by atoms with E-state index >= 15 is 0 Å². The van der Waals surface area contributed by atoms with Gasteiger partial charge in [-0.05, 0) is 90.5 Å². The number of carbonyl (C=O) groups is 2. The van der Waals surface area contributed by atoms with Crippen molar-refractivity contribution in [1.29, 1.82) is 0 Å². The van der Waals surface area contributed by atoms with Crippen molar-refractivity contribution in [2.24, 2.45) is 0 Å². The van der Waals surface area contributed by atoms with E-state index in [1.165, 1.54) is 0 Å². The third-order valence-electron chi connectivity index (χ3n) is 8.04. The third kappa shape index (κ3) is 7.95. The molecular formula is C35H33F3N4O5. The number of anilines is 2. The summed E-state index contributed by atoms with van der Waals surface area (Å²) in [6.07, 6.45) is -4.46. The van der Waals surface area contributed by atoms with Crippen LogP contribution in [0.4, 0.5) is 24.5 Å². The van der Waals surface area contributed by atoms with E-state index in [0.717, 1.165) is 66.6 Å². The first-order valence-electron chi connectivity index (χ1n) is 15.1. The number of benzene rings is 4. The molecule has 1 N–H and O–H groups in total. The van der Waals surface area contributed by atoms with Crippen LogP contribution < -0.4 is 24.4 Å². The number of fused-ring (bicyclic) bond motifs is 1. The summed E-state index contributed by atoms with van der Waals surface area (Å²) in [5, 5.41) is 2.66. The molecule has 0 radical (unpaired) electrons. The third-order valence-corrected chi connectivity index (χ3v) is 8.04. The summed E-state index contributed by atoms with van der Waals surface area (Å²) < 4.78 is 55.1. The van der Waals surface area contributed by atoms with Crippen LogP contribution in [0.3, 0.4) is 0 Å². The largest absolute Gasteiger partial charge is 0.457 e. The van der Waals surface area contributed by atoms with Crippen molar-refractivity contribution in [2.75, 3.05) is 56.8 Å². The van der Waals surface area contributed by atoms with E-state index < -0.39 is 17.6 Å². The fraction of sp³-hybridized carbons (Fsp3) is 0.257. The molecule has 0 atom stereocenters. The average Bonchev–Trinajstić information content (AvgIpc) is 3.54. The number of nitrogens with one attached hydrogen (secondary N) is 1. The number of ether oxygens (including phenoxy) is 3. The normalized spacial score (nSPS) is 14.5. The van der Waals surface area contributed by atoms with Crippen LogP contribution in [0.5, 0.6) is 23.0 Å². The predicted octanol–water partition coefficient (Wildman–Crippen LogP) is 6.26. The van der Waals surface area contributed by atoms with Gasteiger partial charge >= 0.3 is 6.18 Å². The second-order valence-corrected chi connectivity index (χ2v) is 11.4. The van der Waals surface area contributed by atoms with E-state index in [9.17, 15) is 22.8 Å². The molecule has 0 spiro atoms. The molecule has 47 heavy (non-hydrogen) atoms. The molecule has 0 bridgehead atoms. The van der Waals surface area contributed by atoms with Crippen molar-refractivity contribution in [3.8, 4) is 23.0 Å². The molecule has 9 nitrogen and oxygen atoms in total. The molecule has 4 aromatic rings. The van der Waals surface area contributed by atoms with Gasteiger partial charge in [0.05, 0.1) is 12.1 Å². The standard InChI is InChI=1S/C35H33F3N4O5/c1-40(22-33(43)42-18-16-41(17-19-42)21-24-2-15-31-32(20-24)46-23-45-31)28-9-13-30(14-10-28)47-29-11-7-27(8-12-29)39-34(44)25-3-5-26(6-4-25)35(36,37)38/h2-15,20H,16-19,21-23H2,1H3,(H,39,44). The minimum Gasteiger partial charge on any atom is -0.457 e. The molecule has 1 saturated heterocycles. The maximum atomic E-state index is 13.1. The quantitative estimate of drug-likeness (QED) is 0.230. The summed E-state index contributed by atoms with van der Waals surface area (Å²) in [5.41, 5.74) is 1.79. The van der Waals surface area contributed by atoms with Gasteiger partial charge in [-0.25, -0.2) is 0 Å². The lowest BCUT2D eigenvalue weighted by atomic mass is 10.1. The van der Waals surface area contributed by atoms with Gasteiger partial charge in [0.2, 0.25) is 12.7 Å². The maximum absolute atomic E-state index is 13.1. The predicted molar refractivity (Wildman–Crippen MR) is 170 cm³/mol. The monoisotopic (exact) mass is 646 g/mol. The van der Waals surface area contributed by atoms with Crippen molar-refractivity contribution in [1.82, 2.24) is 9.80 Å². The summed E-state index contributed by atoms with van der Waals surface area (Å²) in [6, 6.07) is 24.0. The molecule has 0 saturated carbocycles. The Morgan fingerprint density at radius 1 is 0.830 bits per heavy atom. The number of carbonyl (C=O) groups excluding carboxylic acids is 2. The molecule has 12 heteroatoms. The van der Waals surface area contributed by atoms with E-state index in [1.54, 1.807) is 24.3 Å². The first-order valence-corrected chi connectivity index (χ1v) is 15.1. The van der Waals surface area contributed by atoms with Gasteiger partial charge in [0.25, 0.3) is 5.91 Å². The van der Waals surface area contributed by atoms with Gasteiger partial charge in [-0.2, -0.15) is 13.2 Å². The minimum atomic E-state index is -4.46. The number of piperazine rings is 1. The topological polar surface area (TPSA) is 83.6 Å². The molecule has 2 aliphatic heterocycles. The Morgan fingerprint density at radius 3 is 2.13 bits per heavy atom. The van der Waals surface area contributed by atoms with E-state index in [4.69, 9.17) is 14.2 Å². The Labute approximate surface area is 270 Å². The molecule has 244 valence electrons. The first-order chi connectivity index (χ1) is 22.6. The van der Waals surface area contributed by atoms with Crippen LogP contribution in [-0.2, 0) is 17.5 Å². The summed E-state index contributed by atoms with van der Waals surface area (Å²) in [7, 11) is 1.88. The van der Waals surface area contributed by atoms with Crippen LogP contribution in [0.1, 0.15) is 21.5 Å². The van der Waals surface area contributed by atoms with E-state index in [1.807, 2.05) is 59.3 Å². The Morgan fingerprint density at radius 2 is 1.47 bits per heavy atom. The fourth-order valence-electron chi connectivity index (χ4n) is 5.37. The van der Waals surface area contributed by atoms with Gasteiger partial charge in [-0.3, -0.25) is 14.5 Å². The Balaban J connectivity index is 0.944. The summed E-state index contributed by atoms with van der Waals surface area (Å²) in [6.45, 7) is 4.22. The van der Waals surface area contributed by atoms with Gasteiger partial charge in [0.15, 0.2) is 11.5 Å². The molecule has 6 rings (SSSR count). The minimum absolute atomic E-state index is 0.0704. The highest BCUT2D eigenvalue weighted by Gasteiger charge is 2.30. The number of rotatable bonds is 9. The number of amides is 2. The average molecular weight is 647 g/mol. The van der Waals surface area contributed by atoms with Crippen molar-refractivity contribution >= 4 is 23.2 Å².